The fraction of sp³-hybridized carbons (Fsp3) is 0.385. The Kier molecular flexibility index (Phi) is 3.60. The van der Waals surface area contributed by atoms with Gasteiger partial charge in [0.25, 0.3) is 0 Å². The van der Waals surface area contributed by atoms with E-state index in [0.717, 1.165) is 31.6 Å². The number of hydrogen-bond acceptors (Lipinski definition) is 6. The van der Waals surface area contributed by atoms with Gasteiger partial charge < -0.3 is 10.6 Å². The second kappa shape index (κ2) is 5.71. The summed E-state index contributed by atoms with van der Waals surface area (Å²) < 4.78 is 0. The van der Waals surface area contributed by atoms with E-state index >= 15 is 0 Å². The highest BCUT2D eigenvalue weighted by Gasteiger charge is 2.16. The van der Waals surface area contributed by atoms with Crippen LogP contribution in [0.5, 0.6) is 0 Å². The minimum Gasteiger partial charge on any atom is -0.317 e. The molecule has 6 nitrogen and oxygen atoms in total. The lowest BCUT2D eigenvalue weighted by Crippen LogP contribution is -2.27. The van der Waals surface area contributed by atoms with Crippen LogP contribution in [-0.2, 0) is 0 Å². The molecule has 0 saturated carbocycles. The van der Waals surface area contributed by atoms with Gasteiger partial charge in [0.15, 0.2) is 5.82 Å². The third-order valence-electron chi connectivity index (χ3n) is 3.24. The lowest BCUT2D eigenvalue weighted by Gasteiger charge is -2.22. The average molecular weight is 256 g/mol. The van der Waals surface area contributed by atoms with Gasteiger partial charge in [-0.2, -0.15) is 0 Å². The van der Waals surface area contributed by atoms with Crippen LogP contribution in [0.25, 0.3) is 0 Å². The first-order valence-corrected chi connectivity index (χ1v) is 6.48. The van der Waals surface area contributed by atoms with Gasteiger partial charge in [-0.15, -0.1) is 0 Å². The molecule has 2 N–H and O–H groups in total. The summed E-state index contributed by atoms with van der Waals surface area (Å²) in [4.78, 5) is 17.0. The molecule has 0 spiro atoms. The van der Waals surface area contributed by atoms with E-state index in [0.29, 0.717) is 17.7 Å². The molecular formula is C13H16N6. The second-order valence-electron chi connectivity index (χ2n) is 4.55. The van der Waals surface area contributed by atoms with Crippen molar-refractivity contribution in [2.45, 2.75) is 18.8 Å². The molecule has 1 saturated heterocycles. The van der Waals surface area contributed by atoms with E-state index in [1.807, 2.05) is 6.07 Å². The fourth-order valence-corrected chi connectivity index (χ4v) is 2.26. The molecule has 0 aliphatic carbocycles. The highest BCUT2D eigenvalue weighted by atomic mass is 15.1. The van der Waals surface area contributed by atoms with Crippen molar-refractivity contribution < 1.29 is 0 Å². The lowest BCUT2D eigenvalue weighted by atomic mass is 9.94. The number of rotatable bonds is 3. The maximum Gasteiger partial charge on any atom is 0.228 e. The molecule has 2 aromatic rings. The molecule has 6 heteroatoms. The number of hydrogen-bond donors (Lipinski definition) is 2. The molecule has 1 aliphatic rings. The van der Waals surface area contributed by atoms with Crippen molar-refractivity contribution in [3.8, 4) is 0 Å². The summed E-state index contributed by atoms with van der Waals surface area (Å²) in [5.74, 6) is 1.76. The zero-order valence-electron chi connectivity index (χ0n) is 10.6. The summed E-state index contributed by atoms with van der Waals surface area (Å²) in [7, 11) is 0. The van der Waals surface area contributed by atoms with Crippen LogP contribution in [0.4, 0.5) is 11.8 Å². The van der Waals surface area contributed by atoms with Crippen LogP contribution in [0.3, 0.4) is 0 Å². The molecule has 0 bridgehead atoms. The quantitative estimate of drug-likeness (QED) is 0.866. The molecule has 0 amide bonds. The Balaban J connectivity index is 1.76. The zero-order chi connectivity index (χ0) is 12.9. The van der Waals surface area contributed by atoms with E-state index in [1.54, 1.807) is 24.8 Å². The maximum atomic E-state index is 4.57. The van der Waals surface area contributed by atoms with Crippen LogP contribution in [0.1, 0.15) is 24.5 Å². The van der Waals surface area contributed by atoms with Gasteiger partial charge in [-0.3, -0.25) is 4.98 Å². The summed E-state index contributed by atoms with van der Waals surface area (Å²) in [5.41, 5.74) is 1.10. The normalized spacial score (nSPS) is 16.2. The molecule has 3 heterocycles. The van der Waals surface area contributed by atoms with E-state index in [-0.39, 0.29) is 0 Å². The van der Waals surface area contributed by atoms with Crippen molar-refractivity contribution in [2.75, 3.05) is 18.4 Å². The van der Waals surface area contributed by atoms with Crippen LogP contribution < -0.4 is 10.6 Å². The second-order valence-corrected chi connectivity index (χ2v) is 4.55. The third kappa shape index (κ3) is 3.03. The van der Waals surface area contributed by atoms with E-state index in [1.165, 1.54) is 0 Å². The van der Waals surface area contributed by atoms with Crippen molar-refractivity contribution in [2.24, 2.45) is 0 Å². The Hall–Kier alpha value is -2.08. The highest BCUT2D eigenvalue weighted by molar-refractivity contribution is 5.45. The Morgan fingerprint density at radius 3 is 2.79 bits per heavy atom. The van der Waals surface area contributed by atoms with E-state index < -0.39 is 0 Å². The van der Waals surface area contributed by atoms with E-state index in [9.17, 15) is 0 Å². The van der Waals surface area contributed by atoms with Gasteiger partial charge in [-0.25, -0.2) is 15.0 Å². The molecule has 1 fully saturated rings. The predicted octanol–water partition coefficient (Wildman–Crippen LogP) is 1.48. The van der Waals surface area contributed by atoms with Gasteiger partial charge in [0.2, 0.25) is 5.95 Å². The number of piperidine rings is 1. The molecule has 0 unspecified atom stereocenters. The van der Waals surface area contributed by atoms with Gasteiger partial charge >= 0.3 is 0 Å². The molecular weight excluding hydrogens is 240 g/mol. The number of anilines is 2. The lowest BCUT2D eigenvalue weighted by molar-refractivity contribution is 0.453. The number of nitrogens with zero attached hydrogens (tertiary/aromatic N) is 4. The molecule has 0 atom stereocenters. The first kappa shape index (κ1) is 12.0. The summed E-state index contributed by atoms with van der Waals surface area (Å²) in [6.45, 7) is 2.11. The first-order valence-electron chi connectivity index (χ1n) is 6.48. The third-order valence-corrected chi connectivity index (χ3v) is 3.24. The maximum absolute atomic E-state index is 4.57. The van der Waals surface area contributed by atoms with Gasteiger partial charge in [-0.1, -0.05) is 0 Å². The highest BCUT2D eigenvalue weighted by Crippen LogP contribution is 2.24. The topological polar surface area (TPSA) is 75.6 Å². The monoisotopic (exact) mass is 256 g/mol. The SMILES string of the molecule is c1cnc(Nc2nccc(C3CCNCC3)n2)cn1. The average Bonchev–Trinajstić information content (AvgIpc) is 2.49. The van der Waals surface area contributed by atoms with Gasteiger partial charge in [-0.05, 0) is 32.0 Å². The van der Waals surface area contributed by atoms with E-state index in [4.69, 9.17) is 0 Å². The summed E-state index contributed by atoms with van der Waals surface area (Å²) in [6, 6.07) is 2.00. The van der Waals surface area contributed by atoms with Crippen molar-refractivity contribution in [1.82, 2.24) is 25.3 Å². The van der Waals surface area contributed by atoms with Crippen molar-refractivity contribution >= 4 is 11.8 Å². The predicted molar refractivity (Wildman–Crippen MR) is 72.2 cm³/mol. The Bertz CT molecular complexity index is 524. The zero-order valence-corrected chi connectivity index (χ0v) is 10.6. The fourth-order valence-electron chi connectivity index (χ4n) is 2.26. The standard InChI is InChI=1S/C13H16N6/c1-4-14-5-2-10(1)11-3-6-17-13(18-11)19-12-9-15-7-8-16-12/h3,6-10,14H,1-2,4-5H2,(H,16,17,18,19). The Morgan fingerprint density at radius 1 is 1.11 bits per heavy atom. The van der Waals surface area contributed by atoms with Crippen LogP contribution in [-0.4, -0.2) is 33.0 Å². The van der Waals surface area contributed by atoms with Gasteiger partial charge in [0, 0.05) is 30.2 Å². The van der Waals surface area contributed by atoms with Crippen molar-refractivity contribution in [3.05, 3.63) is 36.5 Å². The minimum absolute atomic E-state index is 0.520. The van der Waals surface area contributed by atoms with Crippen LogP contribution in [0, 0.1) is 0 Å². The molecule has 2 aromatic heterocycles. The molecule has 19 heavy (non-hydrogen) atoms. The molecule has 0 radical (unpaired) electrons. The smallest absolute Gasteiger partial charge is 0.228 e. The summed E-state index contributed by atoms with van der Waals surface area (Å²) >= 11 is 0. The van der Waals surface area contributed by atoms with E-state index in [2.05, 4.69) is 30.6 Å². The Labute approximate surface area is 111 Å². The molecule has 0 aromatic carbocycles. The largest absolute Gasteiger partial charge is 0.317 e. The van der Waals surface area contributed by atoms with Gasteiger partial charge in [0.05, 0.1) is 6.20 Å². The van der Waals surface area contributed by atoms with Crippen molar-refractivity contribution in [1.29, 1.82) is 0 Å². The molecule has 3 rings (SSSR count). The Morgan fingerprint density at radius 2 is 2.00 bits per heavy atom. The number of nitrogens with one attached hydrogen (secondary N) is 2. The van der Waals surface area contributed by atoms with Crippen LogP contribution >= 0.6 is 0 Å². The van der Waals surface area contributed by atoms with Crippen LogP contribution in [0.15, 0.2) is 30.9 Å². The van der Waals surface area contributed by atoms with Gasteiger partial charge in [0.1, 0.15) is 0 Å². The van der Waals surface area contributed by atoms with Crippen molar-refractivity contribution in [3.63, 3.8) is 0 Å². The summed E-state index contributed by atoms with van der Waals surface area (Å²) in [5, 5.41) is 6.43. The summed E-state index contributed by atoms with van der Waals surface area (Å²) in [6.07, 6.45) is 8.98. The number of aromatic nitrogens is 4. The minimum atomic E-state index is 0.520. The molecule has 98 valence electrons. The molecule has 1 aliphatic heterocycles. The first-order chi connectivity index (χ1) is 9.42. The van der Waals surface area contributed by atoms with Crippen LogP contribution in [0.2, 0.25) is 0 Å².